The van der Waals surface area contributed by atoms with Crippen LogP contribution in [-0.4, -0.2) is 17.0 Å². The second kappa shape index (κ2) is 5.48. The number of benzene rings is 1. The zero-order chi connectivity index (χ0) is 15.0. The van der Waals surface area contributed by atoms with Crippen LogP contribution in [0.4, 0.5) is 21.7 Å². The van der Waals surface area contributed by atoms with Gasteiger partial charge in [-0.2, -0.15) is 0 Å². The maximum Gasteiger partial charge on any atom is 0.139 e. The first-order valence-electron chi connectivity index (χ1n) is 6.86. The van der Waals surface area contributed by atoms with E-state index in [0.717, 1.165) is 30.0 Å². The minimum atomic E-state index is -0.382. The van der Waals surface area contributed by atoms with Gasteiger partial charge in [0, 0.05) is 29.2 Å². The molecule has 21 heavy (non-hydrogen) atoms. The second-order valence-electron chi connectivity index (χ2n) is 5.21. The number of anilines is 3. The third kappa shape index (κ3) is 3.08. The fourth-order valence-electron chi connectivity index (χ4n) is 2.19. The van der Waals surface area contributed by atoms with E-state index in [-0.39, 0.29) is 5.82 Å². The summed E-state index contributed by atoms with van der Waals surface area (Å²) in [6.07, 6.45) is 2.24. The highest BCUT2D eigenvalue weighted by atomic mass is 35.5. The van der Waals surface area contributed by atoms with Crippen LogP contribution < -0.4 is 10.6 Å². The van der Waals surface area contributed by atoms with Gasteiger partial charge in [0.15, 0.2) is 0 Å². The average molecular weight is 307 g/mol. The highest BCUT2D eigenvalue weighted by Gasteiger charge is 2.28. The summed E-state index contributed by atoms with van der Waals surface area (Å²) < 4.78 is 13.4. The standard InChI is InChI=1S/C15H16ClFN4/c1-8-13(18-2)20-15(9-3-4-9)21-14(8)19-12-6-10(16)5-11(17)7-12/h5-7,9H,3-4H2,1-2H3,(H2,18,19,20,21). The van der Waals surface area contributed by atoms with Crippen molar-refractivity contribution in [1.82, 2.24) is 9.97 Å². The van der Waals surface area contributed by atoms with Gasteiger partial charge in [0.1, 0.15) is 23.3 Å². The molecule has 0 saturated heterocycles. The van der Waals surface area contributed by atoms with Crippen LogP contribution in [0.15, 0.2) is 18.2 Å². The molecule has 0 radical (unpaired) electrons. The number of nitrogens with one attached hydrogen (secondary N) is 2. The van der Waals surface area contributed by atoms with Gasteiger partial charge in [0.05, 0.1) is 0 Å². The van der Waals surface area contributed by atoms with E-state index in [2.05, 4.69) is 20.6 Å². The molecule has 0 amide bonds. The van der Waals surface area contributed by atoms with Gasteiger partial charge < -0.3 is 10.6 Å². The molecular weight excluding hydrogens is 291 g/mol. The van der Waals surface area contributed by atoms with E-state index in [1.54, 1.807) is 6.07 Å². The summed E-state index contributed by atoms with van der Waals surface area (Å²) in [6, 6.07) is 4.33. The first-order chi connectivity index (χ1) is 10.1. The third-order valence-corrected chi connectivity index (χ3v) is 3.69. The smallest absolute Gasteiger partial charge is 0.139 e. The van der Waals surface area contributed by atoms with E-state index in [4.69, 9.17) is 11.6 Å². The minimum absolute atomic E-state index is 0.348. The highest BCUT2D eigenvalue weighted by Crippen LogP contribution is 2.39. The van der Waals surface area contributed by atoms with E-state index in [0.29, 0.717) is 22.4 Å². The molecule has 110 valence electrons. The van der Waals surface area contributed by atoms with Crippen LogP contribution >= 0.6 is 11.6 Å². The number of hydrogen-bond donors (Lipinski definition) is 2. The lowest BCUT2D eigenvalue weighted by atomic mass is 10.2. The summed E-state index contributed by atoms with van der Waals surface area (Å²) in [5, 5.41) is 6.56. The lowest BCUT2D eigenvalue weighted by Crippen LogP contribution is -2.06. The molecule has 0 unspecified atom stereocenters. The maximum atomic E-state index is 13.4. The average Bonchev–Trinajstić information content (AvgIpc) is 3.24. The van der Waals surface area contributed by atoms with Crippen molar-refractivity contribution in [1.29, 1.82) is 0 Å². The molecule has 1 heterocycles. The first kappa shape index (κ1) is 14.1. The summed E-state index contributed by atoms with van der Waals surface area (Å²) >= 11 is 5.88. The predicted molar refractivity (Wildman–Crippen MR) is 83.0 cm³/mol. The van der Waals surface area contributed by atoms with Crippen molar-refractivity contribution in [3.05, 3.63) is 40.4 Å². The van der Waals surface area contributed by atoms with Crippen molar-refractivity contribution < 1.29 is 4.39 Å². The van der Waals surface area contributed by atoms with Crippen LogP contribution in [-0.2, 0) is 0 Å². The van der Waals surface area contributed by atoms with Gasteiger partial charge in [-0.3, -0.25) is 0 Å². The Morgan fingerprint density at radius 3 is 2.52 bits per heavy atom. The van der Waals surface area contributed by atoms with Crippen molar-refractivity contribution in [2.75, 3.05) is 17.7 Å². The van der Waals surface area contributed by atoms with Crippen LogP contribution in [0.5, 0.6) is 0 Å². The molecular formula is C15H16ClFN4. The maximum absolute atomic E-state index is 13.4. The van der Waals surface area contributed by atoms with E-state index < -0.39 is 0 Å². The molecule has 4 nitrogen and oxygen atoms in total. The van der Waals surface area contributed by atoms with Gasteiger partial charge >= 0.3 is 0 Å². The molecule has 1 aromatic carbocycles. The molecule has 2 N–H and O–H groups in total. The minimum Gasteiger partial charge on any atom is -0.373 e. The van der Waals surface area contributed by atoms with E-state index in [1.165, 1.54) is 12.1 Å². The SMILES string of the molecule is CNc1nc(C2CC2)nc(Nc2cc(F)cc(Cl)c2)c1C. The Kier molecular flexibility index (Phi) is 3.68. The van der Waals surface area contributed by atoms with E-state index in [1.807, 2.05) is 14.0 Å². The molecule has 6 heteroatoms. The van der Waals surface area contributed by atoms with E-state index >= 15 is 0 Å². The van der Waals surface area contributed by atoms with Gasteiger partial charge in [-0.25, -0.2) is 14.4 Å². The van der Waals surface area contributed by atoms with Crippen LogP contribution in [0.2, 0.25) is 5.02 Å². The largest absolute Gasteiger partial charge is 0.373 e. The molecule has 0 aliphatic heterocycles. The molecule has 3 rings (SSSR count). The Hall–Kier alpha value is -1.88. The number of rotatable bonds is 4. The first-order valence-corrected chi connectivity index (χ1v) is 7.24. The van der Waals surface area contributed by atoms with E-state index in [9.17, 15) is 4.39 Å². The summed E-state index contributed by atoms with van der Waals surface area (Å²) in [5.41, 5.74) is 1.47. The Morgan fingerprint density at radius 1 is 1.19 bits per heavy atom. The molecule has 1 saturated carbocycles. The zero-order valence-electron chi connectivity index (χ0n) is 11.9. The monoisotopic (exact) mass is 306 g/mol. The number of aromatic nitrogens is 2. The molecule has 1 fully saturated rings. The number of halogens is 2. The Balaban J connectivity index is 1.98. The summed E-state index contributed by atoms with van der Waals surface area (Å²) in [4.78, 5) is 9.10. The zero-order valence-corrected chi connectivity index (χ0v) is 12.6. The van der Waals surface area contributed by atoms with Crippen LogP contribution in [0, 0.1) is 12.7 Å². The quantitative estimate of drug-likeness (QED) is 0.887. The molecule has 0 spiro atoms. The Morgan fingerprint density at radius 2 is 1.90 bits per heavy atom. The van der Waals surface area contributed by atoms with Crippen LogP contribution in [0.25, 0.3) is 0 Å². The Labute approximate surface area is 127 Å². The van der Waals surface area contributed by atoms with Crippen molar-refractivity contribution in [2.45, 2.75) is 25.7 Å². The fourth-order valence-corrected chi connectivity index (χ4v) is 2.41. The van der Waals surface area contributed by atoms with Gasteiger partial charge in [-0.1, -0.05) is 11.6 Å². The lowest BCUT2D eigenvalue weighted by molar-refractivity contribution is 0.628. The lowest BCUT2D eigenvalue weighted by Gasteiger charge is -2.14. The third-order valence-electron chi connectivity index (χ3n) is 3.47. The molecule has 1 aliphatic carbocycles. The van der Waals surface area contributed by atoms with Gasteiger partial charge in [0.2, 0.25) is 0 Å². The highest BCUT2D eigenvalue weighted by molar-refractivity contribution is 6.30. The number of nitrogens with zero attached hydrogens (tertiary/aromatic N) is 2. The van der Waals surface area contributed by atoms with Crippen LogP contribution in [0.3, 0.4) is 0 Å². The summed E-state index contributed by atoms with van der Waals surface area (Å²) in [7, 11) is 1.83. The molecule has 0 bridgehead atoms. The Bertz CT molecular complexity index is 665. The molecule has 1 aliphatic rings. The fraction of sp³-hybridized carbons (Fsp3) is 0.333. The van der Waals surface area contributed by atoms with Crippen molar-refractivity contribution in [3.63, 3.8) is 0 Å². The van der Waals surface area contributed by atoms with Crippen molar-refractivity contribution in [2.24, 2.45) is 0 Å². The van der Waals surface area contributed by atoms with Crippen molar-refractivity contribution in [3.8, 4) is 0 Å². The molecule has 0 atom stereocenters. The normalized spacial score (nSPS) is 14.1. The second-order valence-corrected chi connectivity index (χ2v) is 5.65. The van der Waals surface area contributed by atoms with Crippen LogP contribution in [0.1, 0.15) is 30.1 Å². The van der Waals surface area contributed by atoms with Gasteiger partial charge in [-0.15, -0.1) is 0 Å². The van der Waals surface area contributed by atoms with Crippen molar-refractivity contribution >= 4 is 28.9 Å². The summed E-state index contributed by atoms with van der Waals surface area (Å²) in [5.74, 6) is 2.35. The molecule has 2 aromatic rings. The van der Waals surface area contributed by atoms with Gasteiger partial charge in [-0.05, 0) is 38.0 Å². The topological polar surface area (TPSA) is 49.8 Å². The predicted octanol–water partition coefficient (Wildman–Crippen LogP) is 4.24. The van der Waals surface area contributed by atoms with Gasteiger partial charge in [0.25, 0.3) is 0 Å². The summed E-state index contributed by atoms with van der Waals surface area (Å²) in [6.45, 7) is 1.92. The molecule has 1 aromatic heterocycles. The number of hydrogen-bond acceptors (Lipinski definition) is 4.